The number of nitrogens with zero attached hydrogens (tertiary/aromatic N) is 1. The fourth-order valence-electron chi connectivity index (χ4n) is 2.46. The van der Waals surface area contributed by atoms with E-state index in [0.29, 0.717) is 0 Å². The van der Waals surface area contributed by atoms with E-state index in [9.17, 15) is 4.79 Å². The molecule has 0 spiro atoms. The van der Waals surface area contributed by atoms with Crippen LogP contribution in [0.15, 0.2) is 60.4 Å². The Morgan fingerprint density at radius 1 is 1.19 bits per heavy atom. The van der Waals surface area contributed by atoms with Crippen LogP contribution in [0.1, 0.15) is 19.4 Å². The summed E-state index contributed by atoms with van der Waals surface area (Å²) in [6, 6.07) is 19.2. The summed E-state index contributed by atoms with van der Waals surface area (Å²) in [6.07, 6.45) is 1.17. The Morgan fingerprint density at radius 2 is 1.93 bits per heavy atom. The van der Waals surface area contributed by atoms with Gasteiger partial charge in [-0.15, -0.1) is 35.4 Å². The first-order valence-electron chi connectivity index (χ1n) is 8.21. The van der Waals surface area contributed by atoms with Gasteiger partial charge in [-0.2, -0.15) is 0 Å². The average molecular weight is 541 g/mol. The molecule has 0 aliphatic carbocycles. The van der Waals surface area contributed by atoms with Crippen molar-refractivity contribution in [3.63, 3.8) is 0 Å². The van der Waals surface area contributed by atoms with E-state index in [0.717, 1.165) is 27.9 Å². The van der Waals surface area contributed by atoms with E-state index < -0.39 is 0 Å². The number of aliphatic hydroxyl groups is 1. The van der Waals surface area contributed by atoms with Crippen molar-refractivity contribution in [3.05, 3.63) is 72.0 Å². The number of rotatable bonds is 3. The predicted octanol–water partition coefficient (Wildman–Crippen LogP) is 5.05. The largest absolute Gasteiger partial charge is 0.512 e. The van der Waals surface area contributed by atoms with Crippen LogP contribution in [0, 0.1) is 13.0 Å². The number of allylic oxidation sites excluding steroid dienone is 2. The summed E-state index contributed by atoms with van der Waals surface area (Å²) < 4.78 is 5.22. The van der Waals surface area contributed by atoms with Crippen LogP contribution in [0.2, 0.25) is 0 Å². The Balaban J connectivity index is 0.000000395. The summed E-state index contributed by atoms with van der Waals surface area (Å²) in [5.41, 5.74) is 4.16. The number of benzene rings is 2. The van der Waals surface area contributed by atoms with Crippen LogP contribution in [0.25, 0.3) is 22.2 Å². The number of carbonyl (C=O) groups is 1. The molecule has 0 amide bonds. The molecule has 3 rings (SSSR count). The first kappa shape index (κ1) is 22.6. The second-order valence-electron chi connectivity index (χ2n) is 5.88. The summed E-state index contributed by atoms with van der Waals surface area (Å²) in [4.78, 5) is 14.7. The van der Waals surface area contributed by atoms with Crippen molar-refractivity contribution in [2.24, 2.45) is 0 Å². The molecule has 2 aromatic carbocycles. The Morgan fingerprint density at radius 3 is 2.48 bits per heavy atom. The number of aryl methyl sites for hydroxylation is 1. The number of hydrogen-bond acceptors (Lipinski definition) is 4. The second-order valence-corrected chi connectivity index (χ2v) is 5.88. The smallest absolute Gasteiger partial charge is 0.155 e. The van der Waals surface area contributed by atoms with Gasteiger partial charge in [0, 0.05) is 31.6 Å². The Hall–Kier alpha value is -2.49. The first-order chi connectivity index (χ1) is 12.4. The molecule has 27 heavy (non-hydrogen) atoms. The summed E-state index contributed by atoms with van der Waals surface area (Å²) >= 11 is 0. The van der Waals surface area contributed by atoms with Crippen molar-refractivity contribution in [2.75, 3.05) is 7.11 Å². The summed E-state index contributed by atoms with van der Waals surface area (Å²) in [5.74, 6) is 0.789. The molecule has 0 fully saturated rings. The van der Waals surface area contributed by atoms with E-state index in [1.54, 1.807) is 7.11 Å². The van der Waals surface area contributed by atoms with Crippen molar-refractivity contribution in [1.82, 2.24) is 4.98 Å². The number of methoxy groups -OCH3 is 1. The molecule has 0 saturated carbocycles. The Kier molecular flexibility index (Phi) is 8.86. The number of fused-ring (bicyclic) bond motifs is 1. The number of ether oxygens (including phenoxy) is 1. The van der Waals surface area contributed by atoms with Gasteiger partial charge in [-0.25, -0.2) is 0 Å². The van der Waals surface area contributed by atoms with Crippen LogP contribution >= 0.6 is 0 Å². The third kappa shape index (κ3) is 6.63. The fraction of sp³-hybridized carbons (Fsp3) is 0.182. The topological polar surface area (TPSA) is 59.4 Å². The van der Waals surface area contributed by atoms with Gasteiger partial charge in [0.1, 0.15) is 5.75 Å². The van der Waals surface area contributed by atoms with Crippen molar-refractivity contribution in [3.8, 4) is 17.0 Å². The van der Waals surface area contributed by atoms with Crippen molar-refractivity contribution >= 4 is 16.7 Å². The van der Waals surface area contributed by atoms with E-state index >= 15 is 0 Å². The first-order valence-corrected chi connectivity index (χ1v) is 8.21. The maximum absolute atomic E-state index is 10.0. The van der Waals surface area contributed by atoms with Gasteiger partial charge in [0.15, 0.2) is 5.78 Å². The molecule has 1 heterocycles. The van der Waals surface area contributed by atoms with Gasteiger partial charge in [0.25, 0.3) is 0 Å². The molecule has 1 N–H and O–H groups in total. The zero-order chi connectivity index (χ0) is 19.1. The minimum absolute atomic E-state index is 0. The van der Waals surface area contributed by atoms with Crippen LogP contribution in [0.5, 0.6) is 5.75 Å². The zero-order valence-electron chi connectivity index (χ0n) is 15.7. The molecule has 143 valence electrons. The van der Waals surface area contributed by atoms with Crippen LogP contribution < -0.4 is 4.74 Å². The predicted molar refractivity (Wildman–Crippen MR) is 104 cm³/mol. The van der Waals surface area contributed by atoms with Gasteiger partial charge in [-0.05, 0) is 37.7 Å². The van der Waals surface area contributed by atoms with Gasteiger partial charge >= 0.3 is 0 Å². The van der Waals surface area contributed by atoms with E-state index in [4.69, 9.17) is 14.8 Å². The van der Waals surface area contributed by atoms with Crippen LogP contribution in [0.4, 0.5) is 0 Å². The average Bonchev–Trinajstić information content (AvgIpc) is 2.60. The van der Waals surface area contributed by atoms with E-state index in [1.807, 2.05) is 36.4 Å². The van der Waals surface area contributed by atoms with Crippen LogP contribution in [-0.4, -0.2) is 23.0 Å². The van der Waals surface area contributed by atoms with E-state index in [1.165, 1.54) is 25.5 Å². The molecule has 5 heteroatoms. The number of carbonyl (C=O) groups excluding carboxylic acids is 1. The van der Waals surface area contributed by atoms with Crippen LogP contribution in [0.3, 0.4) is 0 Å². The molecule has 4 nitrogen and oxygen atoms in total. The molecule has 0 saturated heterocycles. The molecule has 1 aromatic heterocycles. The summed E-state index contributed by atoms with van der Waals surface area (Å²) in [7, 11) is 1.67. The minimum atomic E-state index is -0.125. The second kappa shape index (κ2) is 10.6. The number of hydrogen-bond donors (Lipinski definition) is 1. The Labute approximate surface area is 173 Å². The number of pyridine rings is 1. The van der Waals surface area contributed by atoms with Gasteiger partial charge in [-0.3, -0.25) is 9.78 Å². The molecule has 1 radical (unpaired) electrons. The normalized spacial score (nSPS) is 10.4. The molecule has 3 aromatic rings. The number of ketones is 1. The van der Waals surface area contributed by atoms with Crippen molar-refractivity contribution in [1.29, 1.82) is 0 Å². The standard InChI is InChI=1S/C17H14NO.C5H8O2.Ir/c1-12-5-3-4-6-15(12)17-9-7-13-11-14(19-2)8-10-16(13)18-17;1-4(6)3-5(2)7;/h3-5,7-11H,1-2H3;3,6H,1-2H3;/q-1;;/b;4-3-;. The molecule has 0 bridgehead atoms. The van der Waals surface area contributed by atoms with Crippen molar-refractivity contribution < 1.29 is 34.7 Å². The minimum Gasteiger partial charge on any atom is -0.512 e. The Bertz CT molecular complexity index is 947. The van der Waals surface area contributed by atoms with Crippen LogP contribution in [-0.2, 0) is 24.9 Å². The van der Waals surface area contributed by atoms with E-state index in [2.05, 4.69) is 25.1 Å². The van der Waals surface area contributed by atoms with Gasteiger partial charge in [-0.1, -0.05) is 19.1 Å². The molecule has 0 aliphatic rings. The third-order valence-corrected chi connectivity index (χ3v) is 3.63. The van der Waals surface area contributed by atoms with Crippen molar-refractivity contribution in [2.45, 2.75) is 20.8 Å². The molecular weight excluding hydrogens is 518 g/mol. The fourth-order valence-corrected chi connectivity index (χ4v) is 2.46. The molecule has 0 atom stereocenters. The number of aromatic nitrogens is 1. The molecule has 0 aliphatic heterocycles. The maximum Gasteiger partial charge on any atom is 0.155 e. The molecule has 0 unspecified atom stereocenters. The monoisotopic (exact) mass is 541 g/mol. The third-order valence-electron chi connectivity index (χ3n) is 3.63. The SMILES string of the molecule is CC(=O)/C=C(/C)O.COc1ccc2nc(-c3[c-]cccc3C)ccc2c1.[Ir]. The zero-order valence-corrected chi connectivity index (χ0v) is 18.1. The summed E-state index contributed by atoms with van der Waals surface area (Å²) in [5, 5.41) is 9.44. The summed E-state index contributed by atoms with van der Waals surface area (Å²) in [6.45, 7) is 4.92. The quantitative estimate of drug-likeness (QED) is 0.287. The number of aliphatic hydroxyl groups excluding tert-OH is 1. The van der Waals surface area contributed by atoms with E-state index in [-0.39, 0.29) is 31.6 Å². The molecular formula is C22H22IrNO3-. The maximum atomic E-state index is 10.0. The van der Waals surface area contributed by atoms with Gasteiger partial charge < -0.3 is 9.84 Å². The van der Waals surface area contributed by atoms with Gasteiger partial charge in [0.2, 0.25) is 0 Å². The van der Waals surface area contributed by atoms with Gasteiger partial charge in [0.05, 0.1) is 18.4 Å².